The number of hydrogen-bond acceptors (Lipinski definition) is 4. The number of nitriles is 1. The molecule has 0 bridgehead atoms. The third-order valence-electron chi connectivity index (χ3n) is 4.96. The van der Waals surface area contributed by atoms with Crippen LogP contribution >= 0.6 is 11.6 Å². The van der Waals surface area contributed by atoms with Crippen LogP contribution in [0.1, 0.15) is 30.9 Å². The predicted molar refractivity (Wildman–Crippen MR) is 117 cm³/mol. The molecule has 0 aliphatic heterocycles. The molecule has 0 radical (unpaired) electrons. The number of carbonyl (C=O) groups excluding carboxylic acids is 1. The third kappa shape index (κ3) is 4.64. The van der Waals surface area contributed by atoms with E-state index in [1.54, 1.807) is 6.07 Å². The zero-order valence-corrected chi connectivity index (χ0v) is 17.8. The second-order valence-electron chi connectivity index (χ2n) is 7.31. The van der Waals surface area contributed by atoms with Crippen LogP contribution in [-0.4, -0.2) is 5.97 Å². The number of ether oxygens (including phenoxy) is 2. The Hall–Kier alpha value is -3.29. The van der Waals surface area contributed by atoms with E-state index < -0.39 is 11.9 Å². The lowest BCUT2D eigenvalue weighted by Gasteiger charge is -2.22. The highest BCUT2D eigenvalue weighted by molar-refractivity contribution is 6.33. The topological polar surface area (TPSA) is 59.3 Å². The van der Waals surface area contributed by atoms with Crippen molar-refractivity contribution in [3.05, 3.63) is 82.9 Å². The normalized spacial score (nSPS) is 11.6. The van der Waals surface area contributed by atoms with Crippen LogP contribution in [0.25, 0.3) is 11.1 Å². The molecule has 3 aromatic rings. The van der Waals surface area contributed by atoms with Crippen molar-refractivity contribution in [2.24, 2.45) is 5.92 Å². The molecule has 3 rings (SSSR count). The largest absolute Gasteiger partial charge is 0.457 e. The Balaban J connectivity index is 2.05. The monoisotopic (exact) mass is 419 g/mol. The number of benzene rings is 3. The first-order valence-corrected chi connectivity index (χ1v) is 10.0. The van der Waals surface area contributed by atoms with Crippen LogP contribution in [0, 0.1) is 24.4 Å². The molecule has 4 nitrogen and oxygen atoms in total. The fraction of sp³-hybridized carbons (Fsp3) is 0.200. The van der Waals surface area contributed by atoms with Crippen molar-refractivity contribution in [3.8, 4) is 28.9 Å². The fourth-order valence-electron chi connectivity index (χ4n) is 3.59. The number of esters is 1. The lowest BCUT2D eigenvalue weighted by atomic mass is 9.83. The number of halogens is 1. The summed E-state index contributed by atoms with van der Waals surface area (Å²) in [6.45, 7) is 5.77. The molecule has 0 aromatic heterocycles. The lowest BCUT2D eigenvalue weighted by molar-refractivity contribution is -0.139. The van der Waals surface area contributed by atoms with E-state index in [-0.39, 0.29) is 5.92 Å². The molecule has 30 heavy (non-hydrogen) atoms. The van der Waals surface area contributed by atoms with Gasteiger partial charge in [0.25, 0.3) is 6.26 Å². The van der Waals surface area contributed by atoms with Gasteiger partial charge in [0.2, 0.25) is 0 Å². The molecule has 5 heteroatoms. The smallest absolute Gasteiger partial charge is 0.329 e. The maximum atomic E-state index is 12.4. The number of hydrogen-bond donors (Lipinski definition) is 0. The van der Waals surface area contributed by atoms with E-state index in [9.17, 15) is 4.79 Å². The minimum atomic E-state index is -0.565. The van der Waals surface area contributed by atoms with Gasteiger partial charge in [-0.2, -0.15) is 0 Å². The van der Waals surface area contributed by atoms with E-state index in [0.29, 0.717) is 10.8 Å². The van der Waals surface area contributed by atoms with Gasteiger partial charge in [-0.25, -0.2) is 0 Å². The van der Waals surface area contributed by atoms with Crippen molar-refractivity contribution in [1.29, 1.82) is 5.26 Å². The number of carbonyl (C=O) groups is 1. The quantitative estimate of drug-likeness (QED) is 0.323. The summed E-state index contributed by atoms with van der Waals surface area (Å²) < 4.78 is 10.6. The maximum Gasteiger partial charge on any atom is 0.329 e. The van der Waals surface area contributed by atoms with E-state index in [1.165, 1.54) is 6.26 Å². The Kier molecular flexibility index (Phi) is 6.76. The number of para-hydroxylation sites is 1. The number of rotatable bonds is 6. The molecule has 0 amide bonds. The van der Waals surface area contributed by atoms with E-state index in [4.69, 9.17) is 21.6 Å². The molecule has 1 atom stereocenters. The van der Waals surface area contributed by atoms with Crippen molar-refractivity contribution in [1.82, 2.24) is 0 Å². The Morgan fingerprint density at radius 3 is 2.37 bits per heavy atom. The van der Waals surface area contributed by atoms with Gasteiger partial charge in [-0.1, -0.05) is 61.8 Å². The summed E-state index contributed by atoms with van der Waals surface area (Å²) in [5.74, 6) is 0.245. The molecule has 0 fully saturated rings. The van der Waals surface area contributed by atoms with Crippen LogP contribution in [0.5, 0.6) is 11.5 Å². The molecule has 3 aromatic carbocycles. The summed E-state index contributed by atoms with van der Waals surface area (Å²) >= 11 is 6.56. The van der Waals surface area contributed by atoms with Crippen LogP contribution in [0.3, 0.4) is 0 Å². The van der Waals surface area contributed by atoms with Crippen molar-refractivity contribution < 1.29 is 14.3 Å². The molecule has 0 aliphatic carbocycles. The molecule has 0 saturated heterocycles. The maximum absolute atomic E-state index is 12.4. The molecule has 0 aliphatic rings. The van der Waals surface area contributed by atoms with Crippen LogP contribution < -0.4 is 4.74 Å². The van der Waals surface area contributed by atoms with Gasteiger partial charge in [0.05, 0.1) is 5.92 Å². The molecule has 152 valence electrons. The molecular weight excluding hydrogens is 398 g/mol. The molecule has 0 N–H and O–H groups in total. The first-order chi connectivity index (χ1) is 14.4. The van der Waals surface area contributed by atoms with Gasteiger partial charge in [-0.05, 0) is 59.9 Å². The van der Waals surface area contributed by atoms with Crippen LogP contribution in [0.2, 0.25) is 5.02 Å². The second kappa shape index (κ2) is 9.47. The van der Waals surface area contributed by atoms with Crippen molar-refractivity contribution in [2.45, 2.75) is 26.7 Å². The van der Waals surface area contributed by atoms with Gasteiger partial charge < -0.3 is 9.47 Å². The average Bonchev–Trinajstić information content (AvgIpc) is 2.71. The summed E-state index contributed by atoms with van der Waals surface area (Å²) in [7, 11) is 0. The van der Waals surface area contributed by atoms with E-state index >= 15 is 0 Å². The van der Waals surface area contributed by atoms with Crippen LogP contribution in [0.4, 0.5) is 0 Å². The Morgan fingerprint density at radius 2 is 1.70 bits per heavy atom. The average molecular weight is 420 g/mol. The second-order valence-corrected chi connectivity index (χ2v) is 7.72. The fourth-order valence-corrected chi connectivity index (χ4v) is 3.91. The molecule has 1 unspecified atom stereocenters. The first kappa shape index (κ1) is 21.4. The zero-order chi connectivity index (χ0) is 21.7. The third-order valence-corrected chi connectivity index (χ3v) is 5.27. The van der Waals surface area contributed by atoms with E-state index in [0.717, 1.165) is 28.0 Å². The SMILES string of the molecule is Cc1c(C(C(=O)OC#N)C(C)C)ccc(Cl)c1-c1cccc(Oc2ccccc2)c1. The molecule has 0 saturated carbocycles. The molecular formula is C25H22ClNO3. The first-order valence-electron chi connectivity index (χ1n) is 9.64. The van der Waals surface area contributed by atoms with E-state index in [1.807, 2.05) is 81.4 Å². The van der Waals surface area contributed by atoms with Gasteiger partial charge in [0.1, 0.15) is 11.5 Å². The minimum absolute atomic E-state index is 0.0497. The summed E-state index contributed by atoms with van der Waals surface area (Å²) in [6, 6.07) is 20.8. The Morgan fingerprint density at radius 1 is 1.00 bits per heavy atom. The highest BCUT2D eigenvalue weighted by atomic mass is 35.5. The zero-order valence-electron chi connectivity index (χ0n) is 17.1. The van der Waals surface area contributed by atoms with Gasteiger partial charge in [0, 0.05) is 10.6 Å². The standard InChI is InChI=1S/C25H22ClNO3/c1-16(2)23(25(28)29-15-27)21-12-13-22(26)24(17(21)3)18-8-7-11-20(14-18)30-19-9-5-4-6-10-19/h4-14,16,23H,1-3H3. The highest BCUT2D eigenvalue weighted by Gasteiger charge is 2.29. The van der Waals surface area contributed by atoms with Gasteiger partial charge in [-0.3, -0.25) is 4.79 Å². The van der Waals surface area contributed by atoms with Crippen molar-refractivity contribution >= 4 is 17.6 Å². The van der Waals surface area contributed by atoms with E-state index in [2.05, 4.69) is 4.74 Å². The molecule has 0 spiro atoms. The van der Waals surface area contributed by atoms with Crippen LogP contribution in [-0.2, 0) is 9.53 Å². The lowest BCUT2D eigenvalue weighted by Crippen LogP contribution is -2.20. The Bertz CT molecular complexity index is 1090. The van der Waals surface area contributed by atoms with Gasteiger partial charge in [0.15, 0.2) is 0 Å². The highest BCUT2D eigenvalue weighted by Crippen LogP contribution is 2.39. The van der Waals surface area contributed by atoms with Gasteiger partial charge >= 0.3 is 5.97 Å². The minimum Gasteiger partial charge on any atom is -0.457 e. The summed E-state index contributed by atoms with van der Waals surface area (Å²) in [4.78, 5) is 12.4. The number of nitrogens with zero attached hydrogens (tertiary/aromatic N) is 1. The predicted octanol–water partition coefficient (Wildman–Crippen LogP) is 6.87. The summed E-state index contributed by atoms with van der Waals surface area (Å²) in [5, 5.41) is 9.36. The van der Waals surface area contributed by atoms with Crippen molar-refractivity contribution in [3.63, 3.8) is 0 Å². The van der Waals surface area contributed by atoms with Gasteiger partial charge in [-0.15, -0.1) is 5.26 Å². The summed E-state index contributed by atoms with van der Waals surface area (Å²) in [5.41, 5.74) is 3.36. The molecule has 0 heterocycles. The van der Waals surface area contributed by atoms with Crippen LogP contribution in [0.15, 0.2) is 66.7 Å². The van der Waals surface area contributed by atoms with Crippen molar-refractivity contribution in [2.75, 3.05) is 0 Å². The summed E-state index contributed by atoms with van der Waals surface area (Å²) in [6.07, 6.45) is 1.49. The Labute approximate surface area is 181 Å².